The van der Waals surface area contributed by atoms with E-state index in [-0.39, 0.29) is 5.75 Å². The van der Waals surface area contributed by atoms with Gasteiger partial charge in [-0.05, 0) is 49.1 Å². The van der Waals surface area contributed by atoms with E-state index in [9.17, 15) is 8.42 Å². The van der Waals surface area contributed by atoms with Crippen molar-refractivity contribution >= 4 is 9.84 Å². The molecule has 0 aromatic heterocycles. The van der Waals surface area contributed by atoms with Gasteiger partial charge in [0.2, 0.25) is 0 Å². The first-order chi connectivity index (χ1) is 12.1. The first-order valence-electron chi connectivity index (χ1n) is 8.82. The van der Waals surface area contributed by atoms with Crippen LogP contribution in [0.3, 0.4) is 0 Å². The molecule has 3 rings (SSSR count). The fourth-order valence-corrected chi connectivity index (χ4v) is 4.78. The van der Waals surface area contributed by atoms with Crippen LogP contribution in [0.5, 0.6) is 0 Å². The highest BCUT2D eigenvalue weighted by atomic mass is 32.2. The van der Waals surface area contributed by atoms with Gasteiger partial charge in [-0.15, -0.1) is 6.58 Å². The van der Waals surface area contributed by atoms with Crippen molar-refractivity contribution in [2.75, 3.05) is 18.8 Å². The van der Waals surface area contributed by atoms with Crippen molar-refractivity contribution in [2.45, 2.75) is 30.2 Å². The molecule has 1 fully saturated rings. The molecule has 1 saturated heterocycles. The third-order valence-corrected chi connectivity index (χ3v) is 6.57. The average Bonchev–Trinajstić information content (AvgIpc) is 3.10. The van der Waals surface area contributed by atoms with Crippen LogP contribution in [0.15, 0.2) is 72.1 Å². The van der Waals surface area contributed by atoms with E-state index < -0.39 is 9.84 Å². The number of hydrogen-bond acceptors (Lipinski definition) is 3. The van der Waals surface area contributed by atoms with Gasteiger partial charge in [0.1, 0.15) is 0 Å². The Morgan fingerprint density at radius 1 is 1.08 bits per heavy atom. The zero-order chi connectivity index (χ0) is 17.7. The van der Waals surface area contributed by atoms with Crippen LogP contribution < -0.4 is 0 Å². The van der Waals surface area contributed by atoms with E-state index in [0.29, 0.717) is 17.5 Å². The van der Waals surface area contributed by atoms with Crippen molar-refractivity contribution in [3.63, 3.8) is 0 Å². The van der Waals surface area contributed by atoms with E-state index in [0.717, 1.165) is 25.8 Å². The number of rotatable bonds is 7. The van der Waals surface area contributed by atoms with E-state index in [2.05, 4.69) is 35.7 Å². The lowest BCUT2D eigenvalue weighted by Crippen LogP contribution is -2.29. The molecule has 0 spiro atoms. The molecule has 0 unspecified atom stereocenters. The lowest BCUT2D eigenvalue weighted by atomic mass is 10.0. The van der Waals surface area contributed by atoms with Crippen LogP contribution in [-0.4, -0.2) is 32.2 Å². The van der Waals surface area contributed by atoms with Crippen molar-refractivity contribution in [2.24, 2.45) is 0 Å². The highest BCUT2D eigenvalue weighted by Gasteiger charge is 2.27. The molecule has 0 aliphatic carbocycles. The molecule has 1 heterocycles. The molecule has 1 aliphatic rings. The van der Waals surface area contributed by atoms with Crippen LogP contribution in [-0.2, 0) is 16.3 Å². The van der Waals surface area contributed by atoms with E-state index in [1.165, 1.54) is 11.1 Å². The van der Waals surface area contributed by atoms with E-state index in [1.54, 1.807) is 24.3 Å². The van der Waals surface area contributed by atoms with Gasteiger partial charge in [-0.2, -0.15) is 0 Å². The second kappa shape index (κ2) is 7.98. The molecular weight excluding hydrogens is 330 g/mol. The lowest BCUT2D eigenvalue weighted by Gasteiger charge is -2.25. The number of sulfone groups is 1. The van der Waals surface area contributed by atoms with Gasteiger partial charge in [-0.3, -0.25) is 4.90 Å². The molecule has 0 saturated carbocycles. The van der Waals surface area contributed by atoms with Gasteiger partial charge in [0.25, 0.3) is 0 Å². The number of likely N-dealkylation sites (tertiary alicyclic amines) is 1. The van der Waals surface area contributed by atoms with Crippen LogP contribution in [0.25, 0.3) is 0 Å². The summed E-state index contributed by atoms with van der Waals surface area (Å²) in [5.41, 5.74) is 2.54. The van der Waals surface area contributed by atoms with E-state index in [1.807, 2.05) is 12.1 Å². The summed E-state index contributed by atoms with van der Waals surface area (Å²) in [4.78, 5) is 2.72. The van der Waals surface area contributed by atoms with Gasteiger partial charge in [0, 0.05) is 12.6 Å². The highest BCUT2D eigenvalue weighted by molar-refractivity contribution is 7.91. The molecular formula is C21H25NO2S. The molecule has 0 N–H and O–H groups in total. The lowest BCUT2D eigenvalue weighted by molar-refractivity contribution is 0.272. The largest absolute Gasteiger partial charge is 0.295 e. The van der Waals surface area contributed by atoms with E-state index in [4.69, 9.17) is 0 Å². The Morgan fingerprint density at radius 3 is 2.48 bits per heavy atom. The Bertz CT molecular complexity index is 798. The molecule has 4 heteroatoms. The predicted molar refractivity (Wildman–Crippen MR) is 102 cm³/mol. The summed E-state index contributed by atoms with van der Waals surface area (Å²) in [7, 11) is -3.22. The van der Waals surface area contributed by atoms with Crippen LogP contribution in [0.1, 0.15) is 30.0 Å². The SMILES string of the molecule is C=CCc1ccc([C@@H]2CCCN2CCS(=O)(=O)c2ccccc2)cc1. The van der Waals surface area contributed by atoms with Crippen molar-refractivity contribution < 1.29 is 8.42 Å². The van der Waals surface area contributed by atoms with Crippen molar-refractivity contribution in [1.29, 1.82) is 0 Å². The van der Waals surface area contributed by atoms with Gasteiger partial charge < -0.3 is 0 Å². The smallest absolute Gasteiger partial charge is 0.179 e. The fraction of sp³-hybridized carbons (Fsp3) is 0.333. The molecule has 0 amide bonds. The normalized spacial score (nSPS) is 18.3. The van der Waals surface area contributed by atoms with Crippen LogP contribution >= 0.6 is 0 Å². The molecule has 2 aromatic rings. The summed E-state index contributed by atoms with van der Waals surface area (Å²) in [6.07, 6.45) is 4.99. The summed E-state index contributed by atoms with van der Waals surface area (Å²) < 4.78 is 25.0. The Labute approximate surface area is 150 Å². The molecule has 25 heavy (non-hydrogen) atoms. The fourth-order valence-electron chi connectivity index (χ4n) is 3.50. The maximum atomic E-state index is 12.5. The van der Waals surface area contributed by atoms with Crippen molar-refractivity contribution in [3.8, 4) is 0 Å². The number of hydrogen-bond donors (Lipinski definition) is 0. The zero-order valence-corrected chi connectivity index (χ0v) is 15.3. The predicted octanol–water partition coefficient (Wildman–Crippen LogP) is 4.03. The average molecular weight is 356 g/mol. The summed E-state index contributed by atoms with van der Waals surface area (Å²) in [5, 5.41) is 0. The van der Waals surface area contributed by atoms with Gasteiger partial charge in [-0.25, -0.2) is 8.42 Å². The molecule has 1 atom stereocenters. The Kier molecular flexibility index (Phi) is 5.71. The maximum Gasteiger partial charge on any atom is 0.179 e. The molecule has 0 radical (unpaired) electrons. The number of allylic oxidation sites excluding steroid dienone is 1. The minimum absolute atomic E-state index is 0.169. The Hall–Kier alpha value is -1.91. The highest BCUT2D eigenvalue weighted by Crippen LogP contribution is 2.32. The third kappa shape index (κ3) is 4.39. The first kappa shape index (κ1) is 17.9. The van der Waals surface area contributed by atoms with Crippen molar-refractivity contribution in [1.82, 2.24) is 4.90 Å². The van der Waals surface area contributed by atoms with Crippen LogP contribution in [0.2, 0.25) is 0 Å². The Morgan fingerprint density at radius 2 is 1.80 bits per heavy atom. The minimum atomic E-state index is -3.22. The second-order valence-electron chi connectivity index (χ2n) is 6.56. The standard InChI is InChI=1S/C21H25NO2S/c1-2-7-18-11-13-19(14-12-18)21-10-6-15-22(21)16-17-25(23,24)20-8-4-3-5-9-20/h2-5,8-9,11-14,21H,1,6-7,10,15-17H2/t21-/m0/s1. The monoisotopic (exact) mass is 355 g/mol. The third-order valence-electron chi connectivity index (χ3n) is 4.86. The maximum absolute atomic E-state index is 12.5. The zero-order valence-electron chi connectivity index (χ0n) is 14.5. The van der Waals surface area contributed by atoms with Gasteiger partial charge >= 0.3 is 0 Å². The minimum Gasteiger partial charge on any atom is -0.295 e. The summed E-state index contributed by atoms with van der Waals surface area (Å²) in [6.45, 7) is 5.32. The number of benzene rings is 2. The molecule has 3 nitrogen and oxygen atoms in total. The quantitative estimate of drug-likeness (QED) is 0.704. The van der Waals surface area contributed by atoms with Crippen LogP contribution in [0.4, 0.5) is 0 Å². The summed E-state index contributed by atoms with van der Waals surface area (Å²) >= 11 is 0. The molecule has 1 aliphatic heterocycles. The Balaban J connectivity index is 1.67. The second-order valence-corrected chi connectivity index (χ2v) is 8.67. The summed E-state index contributed by atoms with van der Waals surface area (Å²) in [5.74, 6) is 0.169. The van der Waals surface area contributed by atoms with Gasteiger partial charge in [-0.1, -0.05) is 48.5 Å². The molecule has 132 valence electrons. The summed E-state index contributed by atoms with van der Waals surface area (Å²) in [6, 6.07) is 17.7. The van der Waals surface area contributed by atoms with Crippen molar-refractivity contribution in [3.05, 3.63) is 78.4 Å². The first-order valence-corrected chi connectivity index (χ1v) is 10.5. The topological polar surface area (TPSA) is 37.4 Å². The number of nitrogens with zero attached hydrogens (tertiary/aromatic N) is 1. The molecule has 0 bridgehead atoms. The van der Waals surface area contributed by atoms with Gasteiger partial charge in [0.05, 0.1) is 10.6 Å². The van der Waals surface area contributed by atoms with Crippen LogP contribution in [0, 0.1) is 0 Å². The van der Waals surface area contributed by atoms with E-state index >= 15 is 0 Å². The molecule has 2 aromatic carbocycles. The van der Waals surface area contributed by atoms with Gasteiger partial charge in [0.15, 0.2) is 9.84 Å².